The van der Waals surface area contributed by atoms with E-state index in [9.17, 15) is 0 Å². The molecule has 0 saturated carbocycles. The Kier molecular flexibility index (Phi) is 11.8. The molecule has 0 aliphatic carbocycles. The quantitative estimate of drug-likeness (QED) is 0.173. The van der Waals surface area contributed by atoms with Crippen LogP contribution in [0, 0.1) is 0 Å². The van der Waals surface area contributed by atoms with Gasteiger partial charge in [0.1, 0.15) is 0 Å². The van der Waals surface area contributed by atoms with Crippen LogP contribution in [0.1, 0.15) is 70.4 Å². The summed E-state index contributed by atoms with van der Waals surface area (Å²) >= 11 is 10.9. The van der Waals surface area contributed by atoms with Crippen molar-refractivity contribution < 1.29 is 4.74 Å². The SMILES string of the molecule is CCC[CH2][Sn]([CH2]CCC)([CH2]CCC)/[C](=C/c1ccc(OC)cc1)c1c(Cl)cccc1Cl. The molecule has 0 bridgehead atoms. The first-order valence-corrected chi connectivity index (χ1v) is 20.1. The molecule has 0 aliphatic heterocycles. The summed E-state index contributed by atoms with van der Waals surface area (Å²) in [5.41, 5.74) is 2.30. The molecule has 2 rings (SSSR count). The number of ether oxygens (including phenoxy) is 1. The number of rotatable bonds is 13. The van der Waals surface area contributed by atoms with Crippen LogP contribution in [0.3, 0.4) is 0 Å². The fraction of sp³-hybridized carbons (Fsp3) is 0.481. The normalized spacial score (nSPS) is 12.3. The fourth-order valence-corrected chi connectivity index (χ4v) is 22.4. The van der Waals surface area contributed by atoms with E-state index in [1.165, 1.54) is 61.0 Å². The number of benzene rings is 2. The molecule has 0 aromatic heterocycles. The first-order chi connectivity index (χ1) is 15.0. The zero-order valence-corrected chi connectivity index (χ0v) is 24.0. The maximum absolute atomic E-state index is 6.83. The molecule has 0 heterocycles. The van der Waals surface area contributed by atoms with Crippen molar-refractivity contribution in [2.75, 3.05) is 7.11 Å². The van der Waals surface area contributed by atoms with Gasteiger partial charge < -0.3 is 0 Å². The van der Waals surface area contributed by atoms with Crippen LogP contribution in [-0.4, -0.2) is 25.5 Å². The average Bonchev–Trinajstić information content (AvgIpc) is 2.78. The van der Waals surface area contributed by atoms with E-state index in [-0.39, 0.29) is 0 Å². The van der Waals surface area contributed by atoms with Crippen LogP contribution in [0.4, 0.5) is 0 Å². The van der Waals surface area contributed by atoms with Gasteiger partial charge in [0.25, 0.3) is 0 Å². The monoisotopic (exact) mass is 568 g/mol. The Hall–Kier alpha value is -0.641. The zero-order chi connectivity index (χ0) is 22.7. The van der Waals surface area contributed by atoms with Gasteiger partial charge >= 0.3 is 205 Å². The van der Waals surface area contributed by atoms with E-state index in [1.807, 2.05) is 30.3 Å². The minimum atomic E-state index is -2.81. The predicted octanol–water partition coefficient (Wildman–Crippen LogP) is 9.93. The molecule has 0 spiro atoms. The summed E-state index contributed by atoms with van der Waals surface area (Å²) in [4.78, 5) is 0. The van der Waals surface area contributed by atoms with E-state index in [1.54, 1.807) is 7.11 Å². The Morgan fingerprint density at radius 1 is 0.806 bits per heavy atom. The van der Waals surface area contributed by atoms with Crippen molar-refractivity contribution in [2.45, 2.75) is 72.6 Å². The number of hydrogen-bond donors (Lipinski definition) is 0. The molecule has 0 saturated heterocycles. The molecule has 4 heteroatoms. The van der Waals surface area contributed by atoms with Crippen LogP contribution in [0.25, 0.3) is 9.67 Å². The van der Waals surface area contributed by atoms with Crippen LogP contribution in [0.15, 0.2) is 42.5 Å². The Balaban J connectivity index is 2.73. The number of hydrogen-bond acceptors (Lipinski definition) is 1. The molecule has 0 amide bonds. The first-order valence-electron chi connectivity index (χ1n) is 11.8. The molecule has 0 N–H and O–H groups in total. The van der Waals surface area contributed by atoms with Gasteiger partial charge in [0.2, 0.25) is 0 Å². The summed E-state index contributed by atoms with van der Waals surface area (Å²) in [5.74, 6) is 0.882. The van der Waals surface area contributed by atoms with Crippen molar-refractivity contribution in [1.29, 1.82) is 0 Å². The van der Waals surface area contributed by atoms with Crippen molar-refractivity contribution in [2.24, 2.45) is 0 Å². The van der Waals surface area contributed by atoms with Crippen molar-refractivity contribution in [3.63, 3.8) is 0 Å². The molecular formula is C27H38Cl2OSn. The summed E-state index contributed by atoms with van der Waals surface area (Å²) in [7, 11) is 1.71. The van der Waals surface area contributed by atoms with Crippen molar-refractivity contribution >= 4 is 51.2 Å². The number of unbranched alkanes of at least 4 members (excludes halogenated alkanes) is 3. The summed E-state index contributed by atoms with van der Waals surface area (Å²) in [6, 6.07) is 14.3. The minimum absolute atomic E-state index is 0.790. The first kappa shape index (κ1) is 26.6. The predicted molar refractivity (Wildman–Crippen MR) is 142 cm³/mol. The van der Waals surface area contributed by atoms with Crippen LogP contribution >= 0.6 is 23.2 Å². The average molecular weight is 568 g/mol. The van der Waals surface area contributed by atoms with E-state index < -0.39 is 18.4 Å². The Bertz CT molecular complexity index is 788. The van der Waals surface area contributed by atoms with Crippen molar-refractivity contribution in [3.05, 3.63) is 63.6 Å². The second-order valence-electron chi connectivity index (χ2n) is 8.52. The van der Waals surface area contributed by atoms with Crippen LogP contribution in [0.5, 0.6) is 5.75 Å². The van der Waals surface area contributed by atoms with Crippen LogP contribution in [-0.2, 0) is 0 Å². The number of halogens is 2. The molecule has 0 atom stereocenters. The van der Waals surface area contributed by atoms with Crippen molar-refractivity contribution in [1.82, 2.24) is 0 Å². The Morgan fingerprint density at radius 2 is 1.29 bits per heavy atom. The van der Waals surface area contributed by atoms with Gasteiger partial charge in [-0.25, -0.2) is 0 Å². The van der Waals surface area contributed by atoms with Crippen LogP contribution in [0.2, 0.25) is 23.4 Å². The van der Waals surface area contributed by atoms with E-state index in [0.717, 1.165) is 21.4 Å². The van der Waals surface area contributed by atoms with E-state index in [2.05, 4.69) is 39.0 Å². The van der Waals surface area contributed by atoms with E-state index in [0.29, 0.717) is 0 Å². The third-order valence-electron chi connectivity index (χ3n) is 6.26. The Labute approximate surface area is 204 Å². The molecule has 0 aliphatic rings. The number of methoxy groups -OCH3 is 1. The summed E-state index contributed by atoms with van der Waals surface area (Å²) in [5, 5.41) is 1.58. The van der Waals surface area contributed by atoms with Gasteiger partial charge in [-0.3, -0.25) is 0 Å². The topological polar surface area (TPSA) is 9.23 Å². The van der Waals surface area contributed by atoms with Gasteiger partial charge in [0.15, 0.2) is 0 Å². The summed E-state index contributed by atoms with van der Waals surface area (Å²) in [6.07, 6.45) is 10.0. The second-order valence-corrected chi connectivity index (χ2v) is 22.5. The van der Waals surface area contributed by atoms with Gasteiger partial charge in [-0.05, 0) is 0 Å². The van der Waals surface area contributed by atoms with E-state index >= 15 is 0 Å². The third-order valence-corrected chi connectivity index (χ3v) is 22.5. The van der Waals surface area contributed by atoms with Gasteiger partial charge in [0, 0.05) is 0 Å². The van der Waals surface area contributed by atoms with Gasteiger partial charge in [0.05, 0.1) is 0 Å². The maximum atomic E-state index is 6.83. The zero-order valence-electron chi connectivity index (χ0n) is 19.6. The molecule has 0 radical (unpaired) electrons. The summed E-state index contributed by atoms with van der Waals surface area (Å²) in [6.45, 7) is 6.93. The molecule has 2 aromatic rings. The summed E-state index contributed by atoms with van der Waals surface area (Å²) < 4.78 is 11.0. The van der Waals surface area contributed by atoms with Gasteiger partial charge in [-0.2, -0.15) is 0 Å². The third kappa shape index (κ3) is 7.44. The van der Waals surface area contributed by atoms with Gasteiger partial charge in [-0.1, -0.05) is 0 Å². The van der Waals surface area contributed by atoms with Crippen LogP contribution < -0.4 is 4.74 Å². The molecule has 1 nitrogen and oxygen atoms in total. The fourth-order valence-electron chi connectivity index (χ4n) is 4.44. The molecule has 31 heavy (non-hydrogen) atoms. The molecule has 170 valence electrons. The molecule has 0 fully saturated rings. The Morgan fingerprint density at radius 3 is 1.71 bits per heavy atom. The standard InChI is InChI=1S/C15H11Cl2O.3C4H9.Sn/c1-18-12-8-5-11(6-9-12)7-10-13-14(16)3-2-4-15(13)17;3*1-3-4-2;/h2-9H,1H3;3*1,3-4H2,2H3;. The molecular weight excluding hydrogens is 530 g/mol. The molecule has 0 unspecified atom stereocenters. The van der Waals surface area contributed by atoms with E-state index in [4.69, 9.17) is 27.9 Å². The van der Waals surface area contributed by atoms with Gasteiger partial charge in [-0.15, -0.1) is 0 Å². The second kappa shape index (κ2) is 13.8. The van der Waals surface area contributed by atoms with Crippen molar-refractivity contribution in [3.8, 4) is 5.75 Å². The molecule has 2 aromatic carbocycles.